The highest BCUT2D eigenvalue weighted by Crippen LogP contribution is 2.14. The fourth-order valence-corrected chi connectivity index (χ4v) is 1.63. The molecule has 2 rings (SSSR count). The van der Waals surface area contributed by atoms with Crippen LogP contribution in [0, 0.1) is 21.4 Å². The number of hydrogen-bond donors (Lipinski definition) is 1. The Labute approximate surface area is 136 Å². The van der Waals surface area contributed by atoms with Gasteiger partial charge in [0.25, 0.3) is 5.91 Å². The van der Waals surface area contributed by atoms with Gasteiger partial charge in [-0.15, -0.1) is 0 Å². The molecule has 122 valence electrons. The van der Waals surface area contributed by atoms with E-state index >= 15 is 0 Å². The van der Waals surface area contributed by atoms with E-state index in [2.05, 4.69) is 10.5 Å². The molecule has 1 aromatic carbocycles. The second-order valence-corrected chi connectivity index (χ2v) is 4.56. The lowest BCUT2D eigenvalue weighted by Crippen LogP contribution is -2.33. The van der Waals surface area contributed by atoms with Gasteiger partial charge >= 0.3 is 5.88 Å². The van der Waals surface area contributed by atoms with E-state index in [1.165, 1.54) is 19.1 Å². The number of nitrogens with one attached hydrogen (secondary N) is 1. The highest BCUT2D eigenvalue weighted by Gasteiger charge is 2.14. The minimum absolute atomic E-state index is 0.127. The molecule has 1 aromatic heterocycles. The molecule has 1 amide bonds. The maximum Gasteiger partial charge on any atom is 0.433 e. The average molecular weight is 328 g/mol. The maximum atomic E-state index is 11.8. The molecule has 0 aliphatic heterocycles. The van der Waals surface area contributed by atoms with Gasteiger partial charge < -0.3 is 9.15 Å². The molecule has 2 aromatic rings. The first-order chi connectivity index (χ1) is 11.5. The number of rotatable bonds is 6. The molecular weight excluding hydrogens is 316 g/mol. The molecule has 9 heteroatoms. The number of ether oxygens (including phenoxy) is 1. The van der Waals surface area contributed by atoms with Crippen molar-refractivity contribution in [1.29, 1.82) is 5.26 Å². The number of hydrogen-bond acceptors (Lipinski definition) is 7. The van der Waals surface area contributed by atoms with Crippen molar-refractivity contribution >= 4 is 18.0 Å². The minimum Gasteiger partial charge on any atom is -0.481 e. The lowest BCUT2D eigenvalue weighted by Gasteiger charge is -2.12. The molecule has 0 saturated carbocycles. The Kier molecular flexibility index (Phi) is 5.25. The zero-order valence-electron chi connectivity index (χ0n) is 12.5. The molecule has 0 bridgehead atoms. The van der Waals surface area contributed by atoms with Crippen LogP contribution in [0.3, 0.4) is 0 Å². The van der Waals surface area contributed by atoms with Crippen LogP contribution in [0.5, 0.6) is 5.75 Å². The number of nitro groups is 1. The SMILES string of the molecule is C[C@H](Oc1ccc(C#N)cc1)C(=O)N/N=C\c1ccc([N+](=O)[O-])o1. The van der Waals surface area contributed by atoms with Crippen LogP contribution in [0.4, 0.5) is 5.88 Å². The lowest BCUT2D eigenvalue weighted by atomic mass is 10.2. The second kappa shape index (κ2) is 7.55. The van der Waals surface area contributed by atoms with Gasteiger partial charge in [-0.25, -0.2) is 5.43 Å². The summed E-state index contributed by atoms with van der Waals surface area (Å²) in [4.78, 5) is 21.6. The van der Waals surface area contributed by atoms with Crippen molar-refractivity contribution in [3.05, 3.63) is 57.8 Å². The fourth-order valence-electron chi connectivity index (χ4n) is 1.63. The van der Waals surface area contributed by atoms with E-state index in [1.54, 1.807) is 24.3 Å². The lowest BCUT2D eigenvalue weighted by molar-refractivity contribution is -0.402. The van der Waals surface area contributed by atoms with E-state index in [-0.39, 0.29) is 5.76 Å². The van der Waals surface area contributed by atoms with Gasteiger partial charge in [-0.05, 0) is 37.3 Å². The van der Waals surface area contributed by atoms with Crippen LogP contribution in [0.25, 0.3) is 0 Å². The molecule has 0 unspecified atom stereocenters. The van der Waals surface area contributed by atoms with Gasteiger partial charge in [0.2, 0.25) is 0 Å². The molecule has 0 radical (unpaired) electrons. The van der Waals surface area contributed by atoms with Gasteiger partial charge in [0.15, 0.2) is 11.9 Å². The Balaban J connectivity index is 1.87. The number of benzene rings is 1. The highest BCUT2D eigenvalue weighted by molar-refractivity contribution is 5.83. The fraction of sp³-hybridized carbons (Fsp3) is 0.133. The van der Waals surface area contributed by atoms with E-state index in [4.69, 9.17) is 14.4 Å². The third-order valence-electron chi connectivity index (χ3n) is 2.82. The number of carbonyl (C=O) groups excluding carboxylic acids is 1. The normalized spacial score (nSPS) is 11.7. The maximum absolute atomic E-state index is 11.8. The van der Waals surface area contributed by atoms with Gasteiger partial charge in [-0.1, -0.05) is 0 Å². The zero-order chi connectivity index (χ0) is 17.5. The van der Waals surface area contributed by atoms with E-state index in [9.17, 15) is 14.9 Å². The van der Waals surface area contributed by atoms with Gasteiger partial charge in [-0.2, -0.15) is 10.4 Å². The molecule has 0 spiro atoms. The summed E-state index contributed by atoms with van der Waals surface area (Å²) in [7, 11) is 0. The van der Waals surface area contributed by atoms with Crippen molar-refractivity contribution in [2.75, 3.05) is 0 Å². The van der Waals surface area contributed by atoms with Crippen LogP contribution in [0.1, 0.15) is 18.2 Å². The van der Waals surface area contributed by atoms with Crippen molar-refractivity contribution in [2.45, 2.75) is 13.0 Å². The molecule has 1 atom stereocenters. The third-order valence-corrected chi connectivity index (χ3v) is 2.82. The van der Waals surface area contributed by atoms with Gasteiger partial charge in [0, 0.05) is 0 Å². The second-order valence-electron chi connectivity index (χ2n) is 4.56. The van der Waals surface area contributed by atoms with Crippen molar-refractivity contribution in [2.24, 2.45) is 5.10 Å². The van der Waals surface area contributed by atoms with Crippen LogP contribution in [-0.4, -0.2) is 23.1 Å². The van der Waals surface area contributed by atoms with Crippen LogP contribution < -0.4 is 10.2 Å². The molecule has 1 heterocycles. The standard InChI is InChI=1S/C15H12N4O5/c1-10(23-12-4-2-11(8-16)3-5-12)15(20)18-17-9-13-6-7-14(24-13)19(21)22/h2-7,9-10H,1H3,(H,18,20)/b17-9-/t10-/m0/s1. The predicted octanol–water partition coefficient (Wildman–Crippen LogP) is 1.98. The van der Waals surface area contributed by atoms with Crippen LogP contribution in [0.2, 0.25) is 0 Å². The molecule has 9 nitrogen and oxygen atoms in total. The molecule has 24 heavy (non-hydrogen) atoms. The van der Waals surface area contributed by atoms with E-state index in [0.717, 1.165) is 6.21 Å². The van der Waals surface area contributed by atoms with Crippen molar-refractivity contribution in [1.82, 2.24) is 5.43 Å². The van der Waals surface area contributed by atoms with Crippen molar-refractivity contribution in [3.63, 3.8) is 0 Å². The Morgan fingerprint density at radius 3 is 2.71 bits per heavy atom. The van der Waals surface area contributed by atoms with Crippen LogP contribution in [-0.2, 0) is 4.79 Å². The minimum atomic E-state index is -0.832. The monoisotopic (exact) mass is 328 g/mol. The Bertz CT molecular complexity index is 804. The predicted molar refractivity (Wildman–Crippen MR) is 82.3 cm³/mol. The number of carbonyl (C=O) groups is 1. The first-order valence-corrected chi connectivity index (χ1v) is 6.73. The summed E-state index contributed by atoms with van der Waals surface area (Å²) in [5.74, 6) is -0.373. The largest absolute Gasteiger partial charge is 0.481 e. The molecule has 1 N–H and O–H groups in total. The van der Waals surface area contributed by atoms with Gasteiger partial charge in [-0.3, -0.25) is 14.9 Å². The molecular formula is C15H12N4O5. The first-order valence-electron chi connectivity index (χ1n) is 6.73. The van der Waals surface area contributed by atoms with Gasteiger partial charge in [0.1, 0.15) is 10.7 Å². The summed E-state index contributed by atoms with van der Waals surface area (Å²) in [6.45, 7) is 1.53. The third kappa shape index (κ3) is 4.41. The van der Waals surface area contributed by atoms with E-state index < -0.39 is 22.8 Å². The zero-order valence-corrected chi connectivity index (χ0v) is 12.5. The van der Waals surface area contributed by atoms with Crippen molar-refractivity contribution < 1.29 is 18.9 Å². The molecule has 0 fully saturated rings. The Morgan fingerprint density at radius 1 is 1.42 bits per heavy atom. The average Bonchev–Trinajstić information content (AvgIpc) is 3.04. The smallest absolute Gasteiger partial charge is 0.433 e. The molecule has 0 saturated heterocycles. The Morgan fingerprint density at radius 2 is 2.12 bits per heavy atom. The van der Waals surface area contributed by atoms with Crippen LogP contribution in [0.15, 0.2) is 45.9 Å². The summed E-state index contributed by atoms with van der Waals surface area (Å²) >= 11 is 0. The number of hydrazone groups is 1. The summed E-state index contributed by atoms with van der Waals surface area (Å²) in [6, 6.07) is 10.8. The Hall–Kier alpha value is -3.67. The summed E-state index contributed by atoms with van der Waals surface area (Å²) < 4.78 is 10.3. The van der Waals surface area contributed by atoms with Gasteiger partial charge in [0.05, 0.1) is 23.9 Å². The summed E-state index contributed by atoms with van der Waals surface area (Å²) in [5.41, 5.74) is 2.72. The number of nitriles is 1. The first kappa shape index (κ1) is 16.7. The molecule has 0 aliphatic carbocycles. The van der Waals surface area contributed by atoms with E-state index in [1.807, 2.05) is 6.07 Å². The van der Waals surface area contributed by atoms with E-state index in [0.29, 0.717) is 11.3 Å². The summed E-state index contributed by atoms with van der Waals surface area (Å²) in [6.07, 6.45) is 0.306. The topological polar surface area (TPSA) is 131 Å². The number of nitrogens with zero attached hydrogens (tertiary/aromatic N) is 3. The number of furan rings is 1. The summed E-state index contributed by atoms with van der Waals surface area (Å²) in [5, 5.41) is 22.8. The van der Waals surface area contributed by atoms with Crippen molar-refractivity contribution in [3.8, 4) is 11.8 Å². The quantitative estimate of drug-likeness (QED) is 0.490. The molecule has 0 aliphatic rings. The van der Waals surface area contributed by atoms with Crippen LogP contribution >= 0.6 is 0 Å². The highest BCUT2D eigenvalue weighted by atomic mass is 16.6. The number of amides is 1.